The fraction of sp³-hybridized carbons (Fsp3) is 0.286. The lowest BCUT2D eigenvalue weighted by atomic mass is 10.0. The average Bonchev–Trinajstić information content (AvgIpc) is 2.92. The molecule has 28 heavy (non-hydrogen) atoms. The highest BCUT2D eigenvalue weighted by molar-refractivity contribution is 6.22. The average molecular weight is 386 g/mol. The number of hydrogen-bond acceptors (Lipinski definition) is 3. The number of fused-ring (bicyclic) bond motifs is 1. The van der Waals surface area contributed by atoms with Crippen LogP contribution in [0.15, 0.2) is 48.5 Å². The van der Waals surface area contributed by atoms with Gasteiger partial charge >= 0.3 is 0 Å². The number of carbonyl (C=O) groups is 3. The number of hydrogen-bond donors (Lipinski definition) is 0. The number of alkyl halides is 2. The van der Waals surface area contributed by atoms with Gasteiger partial charge in [-0.3, -0.25) is 19.3 Å². The Labute approximate surface area is 161 Å². The summed E-state index contributed by atoms with van der Waals surface area (Å²) in [4.78, 5) is 40.1. The molecule has 0 unspecified atom stereocenters. The van der Waals surface area contributed by atoms with Crippen LogP contribution in [0.2, 0.25) is 0 Å². The number of amides is 3. The molecule has 0 saturated carbocycles. The Morgan fingerprint density at radius 3 is 2.36 bits per heavy atom. The second-order valence-corrected chi connectivity index (χ2v) is 6.58. The van der Waals surface area contributed by atoms with E-state index in [4.69, 9.17) is 0 Å². The van der Waals surface area contributed by atoms with E-state index in [-0.39, 0.29) is 29.8 Å². The van der Waals surface area contributed by atoms with Gasteiger partial charge in [-0.05, 0) is 30.2 Å². The van der Waals surface area contributed by atoms with E-state index in [1.807, 2.05) is 30.3 Å². The molecule has 2 aromatic carbocycles. The summed E-state index contributed by atoms with van der Waals surface area (Å²) < 4.78 is 25.6. The van der Waals surface area contributed by atoms with Gasteiger partial charge in [0.1, 0.15) is 0 Å². The summed E-state index contributed by atoms with van der Waals surface area (Å²) in [7, 11) is 0. The van der Waals surface area contributed by atoms with E-state index in [2.05, 4.69) is 0 Å². The summed E-state index contributed by atoms with van der Waals surface area (Å²) in [6.45, 7) is 1.44. The molecule has 146 valence electrons. The summed E-state index contributed by atoms with van der Waals surface area (Å²) in [5.74, 6) is -1.50. The standard InChI is InChI=1S/C21H20F2N2O3/c1-2-10-24(13-18(22)23)19(26)15-8-9-16-17(11-15)21(28)25(20(16)27)12-14-6-4-3-5-7-14/h3-9,11,18H,2,10,12-13H2,1H3. The number of imide groups is 1. The van der Waals surface area contributed by atoms with Crippen LogP contribution in [0.1, 0.15) is 50.0 Å². The molecule has 0 atom stereocenters. The Morgan fingerprint density at radius 1 is 1.04 bits per heavy atom. The van der Waals surface area contributed by atoms with Crippen LogP contribution in [-0.4, -0.2) is 47.0 Å². The molecule has 1 heterocycles. The molecule has 0 aromatic heterocycles. The van der Waals surface area contributed by atoms with Gasteiger partial charge in [0.15, 0.2) is 0 Å². The minimum Gasteiger partial charge on any atom is -0.333 e. The summed E-state index contributed by atoms with van der Waals surface area (Å²) in [6, 6.07) is 13.2. The zero-order chi connectivity index (χ0) is 20.3. The largest absolute Gasteiger partial charge is 0.333 e. The van der Waals surface area contributed by atoms with Gasteiger partial charge in [0, 0.05) is 12.1 Å². The van der Waals surface area contributed by atoms with Crippen molar-refractivity contribution < 1.29 is 23.2 Å². The van der Waals surface area contributed by atoms with E-state index >= 15 is 0 Å². The van der Waals surface area contributed by atoms with Gasteiger partial charge in [-0.2, -0.15) is 0 Å². The minimum atomic E-state index is -2.64. The second kappa shape index (κ2) is 8.29. The Kier molecular flexibility index (Phi) is 5.82. The Hall–Kier alpha value is -3.09. The topological polar surface area (TPSA) is 57.7 Å². The van der Waals surface area contributed by atoms with E-state index in [1.165, 1.54) is 18.2 Å². The molecule has 1 aliphatic rings. The smallest absolute Gasteiger partial charge is 0.261 e. The molecular formula is C21H20F2N2O3. The number of carbonyl (C=O) groups excluding carboxylic acids is 3. The quantitative estimate of drug-likeness (QED) is 0.683. The van der Waals surface area contributed by atoms with Crippen LogP contribution in [-0.2, 0) is 6.54 Å². The van der Waals surface area contributed by atoms with Crippen LogP contribution in [0.4, 0.5) is 8.78 Å². The summed E-state index contributed by atoms with van der Waals surface area (Å²) in [6.07, 6.45) is -2.11. The molecule has 0 N–H and O–H groups in total. The van der Waals surface area contributed by atoms with Crippen molar-refractivity contribution in [2.24, 2.45) is 0 Å². The van der Waals surface area contributed by atoms with E-state index < -0.39 is 30.7 Å². The maximum absolute atomic E-state index is 12.8. The lowest BCUT2D eigenvalue weighted by Gasteiger charge is -2.21. The molecule has 0 aliphatic carbocycles. The highest BCUT2D eigenvalue weighted by atomic mass is 19.3. The van der Waals surface area contributed by atoms with E-state index in [0.717, 1.165) is 15.4 Å². The van der Waals surface area contributed by atoms with Crippen molar-refractivity contribution in [1.29, 1.82) is 0 Å². The van der Waals surface area contributed by atoms with Gasteiger partial charge in [-0.15, -0.1) is 0 Å². The van der Waals surface area contributed by atoms with Crippen molar-refractivity contribution in [2.45, 2.75) is 26.3 Å². The highest BCUT2D eigenvalue weighted by Gasteiger charge is 2.36. The number of nitrogens with zero attached hydrogens (tertiary/aromatic N) is 2. The van der Waals surface area contributed by atoms with Crippen molar-refractivity contribution in [1.82, 2.24) is 9.80 Å². The predicted octanol–water partition coefficient (Wildman–Crippen LogP) is 3.60. The zero-order valence-corrected chi connectivity index (χ0v) is 15.4. The molecule has 5 nitrogen and oxygen atoms in total. The second-order valence-electron chi connectivity index (χ2n) is 6.58. The van der Waals surface area contributed by atoms with E-state index in [9.17, 15) is 23.2 Å². The van der Waals surface area contributed by atoms with Crippen molar-refractivity contribution in [3.05, 3.63) is 70.8 Å². The first-order valence-electron chi connectivity index (χ1n) is 9.04. The summed E-state index contributed by atoms with van der Waals surface area (Å²) >= 11 is 0. The normalized spacial score (nSPS) is 13.2. The summed E-state index contributed by atoms with van der Waals surface area (Å²) in [5.41, 5.74) is 1.27. The van der Waals surface area contributed by atoms with Gasteiger partial charge < -0.3 is 4.90 Å². The summed E-state index contributed by atoms with van der Waals surface area (Å²) in [5, 5.41) is 0. The van der Waals surface area contributed by atoms with Gasteiger partial charge in [-0.1, -0.05) is 37.3 Å². The van der Waals surface area contributed by atoms with Crippen LogP contribution in [0.25, 0.3) is 0 Å². The van der Waals surface area contributed by atoms with Crippen LogP contribution < -0.4 is 0 Å². The van der Waals surface area contributed by atoms with E-state index in [1.54, 1.807) is 6.92 Å². The van der Waals surface area contributed by atoms with Gasteiger partial charge in [0.2, 0.25) is 0 Å². The first kappa shape index (κ1) is 19.7. The SMILES string of the molecule is CCCN(CC(F)F)C(=O)c1ccc2c(c1)C(=O)N(Cc1ccccc1)C2=O. The fourth-order valence-corrected chi connectivity index (χ4v) is 3.23. The number of halogens is 2. The first-order chi connectivity index (χ1) is 13.4. The molecule has 1 aliphatic heterocycles. The molecule has 0 saturated heterocycles. The Balaban J connectivity index is 1.85. The van der Waals surface area contributed by atoms with Crippen molar-refractivity contribution >= 4 is 17.7 Å². The Morgan fingerprint density at radius 2 is 1.71 bits per heavy atom. The fourth-order valence-electron chi connectivity index (χ4n) is 3.23. The molecule has 3 amide bonds. The minimum absolute atomic E-state index is 0.121. The lowest BCUT2D eigenvalue weighted by Crippen LogP contribution is -2.35. The molecule has 0 bridgehead atoms. The lowest BCUT2D eigenvalue weighted by molar-refractivity contribution is 0.0555. The Bertz CT molecular complexity index is 900. The zero-order valence-electron chi connectivity index (χ0n) is 15.4. The molecule has 2 aromatic rings. The maximum Gasteiger partial charge on any atom is 0.261 e. The monoisotopic (exact) mass is 386 g/mol. The van der Waals surface area contributed by atoms with E-state index in [0.29, 0.717) is 6.42 Å². The first-order valence-corrected chi connectivity index (χ1v) is 9.04. The van der Waals surface area contributed by atoms with Gasteiger partial charge in [-0.25, -0.2) is 8.78 Å². The molecule has 0 spiro atoms. The van der Waals surface area contributed by atoms with Crippen LogP contribution in [0.3, 0.4) is 0 Å². The number of benzene rings is 2. The molecule has 0 fully saturated rings. The van der Waals surface area contributed by atoms with Crippen LogP contribution in [0.5, 0.6) is 0 Å². The van der Waals surface area contributed by atoms with Crippen LogP contribution >= 0.6 is 0 Å². The van der Waals surface area contributed by atoms with Crippen molar-refractivity contribution in [2.75, 3.05) is 13.1 Å². The third-order valence-electron chi connectivity index (χ3n) is 4.54. The van der Waals surface area contributed by atoms with Gasteiger partial charge in [0.05, 0.1) is 24.2 Å². The third kappa shape index (κ3) is 3.93. The number of rotatable bonds is 7. The molecule has 7 heteroatoms. The van der Waals surface area contributed by atoms with Gasteiger partial charge in [0.25, 0.3) is 24.1 Å². The molecule has 0 radical (unpaired) electrons. The highest BCUT2D eigenvalue weighted by Crippen LogP contribution is 2.26. The molecule has 3 rings (SSSR count). The predicted molar refractivity (Wildman–Crippen MR) is 99.3 cm³/mol. The third-order valence-corrected chi connectivity index (χ3v) is 4.54. The van der Waals surface area contributed by atoms with Crippen LogP contribution in [0, 0.1) is 0 Å². The van der Waals surface area contributed by atoms with Crippen molar-refractivity contribution in [3.8, 4) is 0 Å². The maximum atomic E-state index is 12.8. The van der Waals surface area contributed by atoms with Crippen molar-refractivity contribution in [3.63, 3.8) is 0 Å². The molecular weight excluding hydrogens is 366 g/mol.